The van der Waals surface area contributed by atoms with Crippen molar-refractivity contribution in [3.05, 3.63) is 28.3 Å². The zero-order chi connectivity index (χ0) is 13.1. The van der Waals surface area contributed by atoms with Gasteiger partial charge in [-0.3, -0.25) is 10.1 Å². The average Bonchev–Trinajstić information content (AvgIpc) is 2.60. The molecule has 0 bridgehead atoms. The van der Waals surface area contributed by atoms with E-state index in [1.807, 2.05) is 0 Å². The van der Waals surface area contributed by atoms with Crippen molar-refractivity contribution in [1.29, 1.82) is 0 Å². The second-order valence-electron chi connectivity index (χ2n) is 4.56. The zero-order valence-electron chi connectivity index (χ0n) is 10.0. The molecule has 1 aromatic heterocycles. The van der Waals surface area contributed by atoms with E-state index in [2.05, 4.69) is 4.98 Å². The maximum absolute atomic E-state index is 11.6. The molecule has 0 aromatic carbocycles. The molecule has 7 nitrogen and oxygen atoms in total. The van der Waals surface area contributed by atoms with Gasteiger partial charge in [0.05, 0.1) is 12.1 Å². The molecule has 0 atom stereocenters. The van der Waals surface area contributed by atoms with Crippen LogP contribution in [0.2, 0.25) is 0 Å². The van der Waals surface area contributed by atoms with E-state index in [1.165, 1.54) is 17.1 Å². The van der Waals surface area contributed by atoms with Gasteiger partial charge in [0.1, 0.15) is 11.9 Å². The zero-order valence-corrected chi connectivity index (χ0v) is 10.0. The Labute approximate surface area is 98.6 Å². The Morgan fingerprint density at radius 1 is 1.59 bits per heavy atom. The molecule has 94 valence electrons. The molecule has 0 aliphatic rings. The summed E-state index contributed by atoms with van der Waals surface area (Å²) in [6.45, 7) is 5.08. The van der Waals surface area contributed by atoms with Crippen LogP contribution >= 0.6 is 0 Å². The molecule has 0 saturated carbocycles. The van der Waals surface area contributed by atoms with Crippen molar-refractivity contribution in [2.45, 2.75) is 32.8 Å². The number of carbonyl (C=O) groups is 1. The monoisotopic (exact) mass is 241 g/mol. The third-order valence-electron chi connectivity index (χ3n) is 1.79. The van der Waals surface area contributed by atoms with Crippen LogP contribution in [0, 0.1) is 10.1 Å². The molecular formula is C10H15N3O4. The van der Waals surface area contributed by atoms with E-state index in [1.54, 1.807) is 20.8 Å². The number of aromatic nitrogens is 2. The van der Waals surface area contributed by atoms with E-state index in [0.29, 0.717) is 5.69 Å². The summed E-state index contributed by atoms with van der Waals surface area (Å²) in [5.41, 5.74) is -0.0879. The number of rotatable bonds is 3. The molecule has 7 heteroatoms. The predicted octanol–water partition coefficient (Wildman–Crippen LogP) is 1.49. The van der Waals surface area contributed by atoms with Crippen molar-refractivity contribution in [3.8, 4) is 0 Å². The number of nitro groups is 1. The molecule has 0 N–H and O–H groups in total. The summed E-state index contributed by atoms with van der Waals surface area (Å²) in [5.74, 6) is 0. The topological polar surface area (TPSA) is 87.3 Å². The Balaban J connectivity index is 2.61. The Morgan fingerprint density at radius 2 is 2.24 bits per heavy atom. The summed E-state index contributed by atoms with van der Waals surface area (Å²) in [6, 6.07) is 0. The number of carbonyl (C=O) groups excluding carboxylic acids is 1. The van der Waals surface area contributed by atoms with E-state index < -0.39 is 16.6 Å². The van der Waals surface area contributed by atoms with Gasteiger partial charge in [-0.05, 0) is 20.8 Å². The molecule has 17 heavy (non-hydrogen) atoms. The average molecular weight is 241 g/mol. The Hall–Kier alpha value is -1.92. The summed E-state index contributed by atoms with van der Waals surface area (Å²) in [6.07, 6.45) is 2.39. The van der Waals surface area contributed by atoms with Crippen LogP contribution in [0.1, 0.15) is 26.5 Å². The summed E-state index contributed by atoms with van der Waals surface area (Å²) in [7, 11) is 0. The lowest BCUT2D eigenvalue weighted by Gasteiger charge is -2.19. The molecule has 1 aromatic rings. The fourth-order valence-electron chi connectivity index (χ4n) is 1.11. The van der Waals surface area contributed by atoms with Crippen LogP contribution in [-0.2, 0) is 11.2 Å². The molecule has 0 saturated heterocycles. The summed E-state index contributed by atoms with van der Waals surface area (Å²) >= 11 is 0. The van der Waals surface area contributed by atoms with Crippen molar-refractivity contribution >= 4 is 6.09 Å². The van der Waals surface area contributed by atoms with Crippen LogP contribution in [0.15, 0.2) is 12.5 Å². The summed E-state index contributed by atoms with van der Waals surface area (Å²) < 4.78 is 6.29. The molecule has 0 aliphatic carbocycles. The maximum Gasteiger partial charge on any atom is 0.419 e. The third kappa shape index (κ3) is 4.62. The second kappa shape index (κ2) is 4.94. The van der Waals surface area contributed by atoms with Gasteiger partial charge in [-0.25, -0.2) is 14.3 Å². The minimum absolute atomic E-state index is 0.197. The van der Waals surface area contributed by atoms with E-state index in [9.17, 15) is 14.9 Å². The fourth-order valence-corrected chi connectivity index (χ4v) is 1.11. The molecule has 0 amide bonds. The SMILES string of the molecule is CC(C)(C)OC(=O)n1cnc(CC[N+](=O)[O-])c1. The highest BCUT2D eigenvalue weighted by molar-refractivity contribution is 5.70. The molecule has 0 fully saturated rings. The van der Waals surface area contributed by atoms with Gasteiger partial charge in [-0.2, -0.15) is 0 Å². The largest absolute Gasteiger partial charge is 0.443 e. The van der Waals surface area contributed by atoms with Gasteiger partial charge in [0, 0.05) is 11.1 Å². The lowest BCUT2D eigenvalue weighted by atomic mass is 10.2. The van der Waals surface area contributed by atoms with Gasteiger partial charge in [-0.15, -0.1) is 0 Å². The van der Waals surface area contributed by atoms with Crippen molar-refractivity contribution in [1.82, 2.24) is 9.55 Å². The minimum atomic E-state index is -0.581. The van der Waals surface area contributed by atoms with Crippen molar-refractivity contribution in [3.63, 3.8) is 0 Å². The van der Waals surface area contributed by atoms with Crippen LogP contribution in [0.4, 0.5) is 4.79 Å². The standard InChI is InChI=1S/C10H15N3O4/c1-10(2,3)17-9(14)12-6-8(11-7-12)4-5-13(15)16/h6-7H,4-5H2,1-3H3. The molecule has 0 unspecified atom stereocenters. The first-order chi connectivity index (χ1) is 7.78. The number of hydrogen-bond donors (Lipinski definition) is 0. The number of nitrogens with zero attached hydrogens (tertiary/aromatic N) is 3. The fraction of sp³-hybridized carbons (Fsp3) is 0.600. The highest BCUT2D eigenvalue weighted by Gasteiger charge is 2.18. The van der Waals surface area contributed by atoms with Gasteiger partial charge >= 0.3 is 6.09 Å². The van der Waals surface area contributed by atoms with E-state index >= 15 is 0 Å². The van der Waals surface area contributed by atoms with Gasteiger partial charge < -0.3 is 4.74 Å². The molecule has 0 aliphatic heterocycles. The van der Waals surface area contributed by atoms with E-state index in [-0.39, 0.29) is 13.0 Å². The van der Waals surface area contributed by atoms with Crippen molar-refractivity contribution in [2.24, 2.45) is 0 Å². The molecular weight excluding hydrogens is 226 g/mol. The quantitative estimate of drug-likeness (QED) is 0.591. The third-order valence-corrected chi connectivity index (χ3v) is 1.79. The lowest BCUT2D eigenvalue weighted by molar-refractivity contribution is -0.479. The normalized spacial score (nSPS) is 11.2. The first-order valence-corrected chi connectivity index (χ1v) is 5.16. The van der Waals surface area contributed by atoms with Crippen LogP contribution in [0.3, 0.4) is 0 Å². The van der Waals surface area contributed by atoms with Crippen LogP contribution < -0.4 is 0 Å². The maximum atomic E-state index is 11.6. The number of ether oxygens (including phenoxy) is 1. The highest BCUT2D eigenvalue weighted by Crippen LogP contribution is 2.09. The van der Waals surface area contributed by atoms with Crippen molar-refractivity contribution < 1.29 is 14.5 Å². The van der Waals surface area contributed by atoms with E-state index in [4.69, 9.17) is 4.74 Å². The molecule has 0 radical (unpaired) electrons. The van der Waals surface area contributed by atoms with Crippen LogP contribution in [-0.4, -0.2) is 32.7 Å². The second-order valence-corrected chi connectivity index (χ2v) is 4.56. The number of hydrogen-bond acceptors (Lipinski definition) is 5. The molecule has 1 heterocycles. The summed E-state index contributed by atoms with van der Waals surface area (Å²) in [5, 5.41) is 10.2. The predicted molar refractivity (Wildman–Crippen MR) is 59.4 cm³/mol. The first-order valence-electron chi connectivity index (χ1n) is 5.16. The van der Waals surface area contributed by atoms with Crippen LogP contribution in [0.25, 0.3) is 0 Å². The van der Waals surface area contributed by atoms with Gasteiger partial charge in [0.15, 0.2) is 0 Å². The molecule has 0 spiro atoms. The number of imidazole rings is 1. The van der Waals surface area contributed by atoms with Gasteiger partial charge in [0.2, 0.25) is 6.54 Å². The smallest absolute Gasteiger partial charge is 0.419 e. The lowest BCUT2D eigenvalue weighted by Crippen LogP contribution is -2.26. The molecule has 1 rings (SSSR count). The Morgan fingerprint density at radius 3 is 2.76 bits per heavy atom. The van der Waals surface area contributed by atoms with E-state index in [0.717, 1.165) is 0 Å². The first kappa shape index (κ1) is 13.1. The van der Waals surface area contributed by atoms with Gasteiger partial charge in [-0.1, -0.05) is 0 Å². The van der Waals surface area contributed by atoms with Crippen molar-refractivity contribution in [2.75, 3.05) is 6.54 Å². The summed E-state index contributed by atoms with van der Waals surface area (Å²) in [4.78, 5) is 25.2. The van der Waals surface area contributed by atoms with Gasteiger partial charge in [0.25, 0.3) is 0 Å². The minimum Gasteiger partial charge on any atom is -0.443 e. The Bertz CT molecular complexity index is 419. The Kier molecular flexibility index (Phi) is 3.82. The highest BCUT2D eigenvalue weighted by atomic mass is 16.6. The van der Waals surface area contributed by atoms with Crippen LogP contribution in [0.5, 0.6) is 0 Å².